The summed E-state index contributed by atoms with van der Waals surface area (Å²) in [7, 11) is 0. The van der Waals surface area contributed by atoms with E-state index in [0.717, 1.165) is 29.0 Å². The van der Waals surface area contributed by atoms with Crippen molar-refractivity contribution in [2.75, 3.05) is 11.9 Å². The number of anilines is 1. The van der Waals surface area contributed by atoms with Gasteiger partial charge >= 0.3 is 0 Å². The molecule has 2 N–H and O–H groups in total. The summed E-state index contributed by atoms with van der Waals surface area (Å²) < 4.78 is 5.64. The minimum atomic E-state index is -0.454. The summed E-state index contributed by atoms with van der Waals surface area (Å²) in [5.41, 5.74) is 2.59. The summed E-state index contributed by atoms with van der Waals surface area (Å²) >= 11 is 0. The van der Waals surface area contributed by atoms with Crippen LogP contribution in [0.5, 0.6) is 5.75 Å². The molecule has 5 nitrogen and oxygen atoms in total. The first-order chi connectivity index (χ1) is 11.7. The van der Waals surface area contributed by atoms with Gasteiger partial charge in [0, 0.05) is 24.1 Å². The predicted octanol–water partition coefficient (Wildman–Crippen LogP) is 2.75. The van der Waals surface area contributed by atoms with E-state index in [9.17, 15) is 9.59 Å². The molecule has 4 rings (SSSR count). The molecule has 0 spiro atoms. The number of rotatable bonds is 2. The molecule has 5 heteroatoms. The first-order valence-corrected chi connectivity index (χ1v) is 8.13. The predicted molar refractivity (Wildman–Crippen MR) is 89.9 cm³/mol. The third-order valence-electron chi connectivity index (χ3n) is 4.59. The van der Waals surface area contributed by atoms with Crippen LogP contribution in [0, 0.1) is 0 Å². The highest BCUT2D eigenvalue weighted by Gasteiger charge is 2.32. The molecule has 0 bridgehead atoms. The van der Waals surface area contributed by atoms with Gasteiger partial charge in [0.05, 0.1) is 18.6 Å². The van der Waals surface area contributed by atoms with E-state index in [0.29, 0.717) is 6.61 Å². The average Bonchev–Trinajstić information content (AvgIpc) is 2.61. The molecule has 2 atom stereocenters. The second kappa shape index (κ2) is 6.00. The van der Waals surface area contributed by atoms with Gasteiger partial charge in [-0.25, -0.2) is 0 Å². The maximum Gasteiger partial charge on any atom is 0.228 e. The van der Waals surface area contributed by atoms with Gasteiger partial charge in [0.2, 0.25) is 11.8 Å². The first kappa shape index (κ1) is 14.8. The van der Waals surface area contributed by atoms with E-state index in [1.54, 1.807) is 0 Å². The zero-order valence-corrected chi connectivity index (χ0v) is 13.1. The van der Waals surface area contributed by atoms with Gasteiger partial charge in [-0.15, -0.1) is 0 Å². The fraction of sp³-hybridized carbons (Fsp3) is 0.263. The van der Waals surface area contributed by atoms with E-state index < -0.39 is 5.92 Å². The Morgan fingerprint density at radius 2 is 1.83 bits per heavy atom. The van der Waals surface area contributed by atoms with Gasteiger partial charge < -0.3 is 15.4 Å². The molecule has 24 heavy (non-hydrogen) atoms. The maximum atomic E-state index is 12.9. The number of nitrogens with one attached hydrogen (secondary N) is 2. The van der Waals surface area contributed by atoms with Crippen LogP contribution in [0.4, 0.5) is 5.69 Å². The summed E-state index contributed by atoms with van der Waals surface area (Å²) in [5.74, 6) is 0.126. The normalized spacial score (nSPS) is 21.8. The topological polar surface area (TPSA) is 67.4 Å². The van der Waals surface area contributed by atoms with Gasteiger partial charge in [0.1, 0.15) is 5.75 Å². The number of carbonyl (C=O) groups excluding carboxylic acids is 2. The Morgan fingerprint density at radius 1 is 1.08 bits per heavy atom. The molecule has 2 aliphatic rings. The zero-order valence-electron chi connectivity index (χ0n) is 13.1. The van der Waals surface area contributed by atoms with Crippen LogP contribution in [0.15, 0.2) is 48.5 Å². The molecule has 2 amide bonds. The highest BCUT2D eigenvalue weighted by atomic mass is 16.5. The summed E-state index contributed by atoms with van der Waals surface area (Å²) in [4.78, 5) is 24.8. The Kier molecular flexibility index (Phi) is 3.69. The van der Waals surface area contributed by atoms with Crippen molar-refractivity contribution in [3.63, 3.8) is 0 Å². The van der Waals surface area contributed by atoms with Crippen LogP contribution < -0.4 is 15.4 Å². The van der Waals surface area contributed by atoms with Crippen molar-refractivity contribution in [2.45, 2.75) is 24.8 Å². The fourth-order valence-electron chi connectivity index (χ4n) is 3.41. The molecular weight excluding hydrogens is 304 g/mol. The number of hydrogen-bond acceptors (Lipinski definition) is 3. The highest BCUT2D eigenvalue weighted by Crippen LogP contribution is 2.35. The van der Waals surface area contributed by atoms with Crippen LogP contribution >= 0.6 is 0 Å². The summed E-state index contributed by atoms with van der Waals surface area (Å²) in [5, 5.41) is 5.93. The fourth-order valence-corrected chi connectivity index (χ4v) is 3.41. The minimum Gasteiger partial charge on any atom is -0.493 e. The van der Waals surface area contributed by atoms with Crippen molar-refractivity contribution in [1.29, 1.82) is 0 Å². The molecule has 2 aromatic rings. The van der Waals surface area contributed by atoms with Gasteiger partial charge in [-0.2, -0.15) is 0 Å². The summed E-state index contributed by atoms with van der Waals surface area (Å²) in [6, 6.07) is 15.1. The third kappa shape index (κ3) is 2.62. The van der Waals surface area contributed by atoms with Gasteiger partial charge in [-0.3, -0.25) is 9.59 Å². The smallest absolute Gasteiger partial charge is 0.228 e. The van der Waals surface area contributed by atoms with Gasteiger partial charge in [-0.1, -0.05) is 36.4 Å². The Hall–Kier alpha value is -2.82. The van der Waals surface area contributed by atoms with E-state index in [1.165, 1.54) is 0 Å². The lowest BCUT2D eigenvalue weighted by atomic mass is 9.89. The molecule has 0 aliphatic carbocycles. The van der Waals surface area contributed by atoms with Gasteiger partial charge in [-0.05, 0) is 17.7 Å². The lowest BCUT2D eigenvalue weighted by Gasteiger charge is -2.30. The number of amides is 2. The molecule has 0 unspecified atom stereocenters. The maximum absolute atomic E-state index is 12.9. The number of fused-ring (bicyclic) bond motifs is 2. The molecule has 2 aliphatic heterocycles. The quantitative estimate of drug-likeness (QED) is 0.893. The van der Waals surface area contributed by atoms with Crippen LogP contribution in [0.1, 0.15) is 35.9 Å². The Morgan fingerprint density at radius 3 is 2.71 bits per heavy atom. The number of hydrogen-bond donors (Lipinski definition) is 2. The molecule has 0 saturated carbocycles. The van der Waals surface area contributed by atoms with Crippen LogP contribution in [0.2, 0.25) is 0 Å². The van der Waals surface area contributed by atoms with E-state index in [4.69, 9.17) is 4.74 Å². The van der Waals surface area contributed by atoms with Crippen molar-refractivity contribution in [2.24, 2.45) is 0 Å². The van der Waals surface area contributed by atoms with E-state index >= 15 is 0 Å². The number of para-hydroxylation sites is 2. The molecular formula is C19H18N2O3. The Balaban J connectivity index is 1.59. The Labute approximate surface area is 140 Å². The molecule has 0 saturated heterocycles. The first-order valence-electron chi connectivity index (χ1n) is 8.13. The lowest BCUT2D eigenvalue weighted by molar-refractivity contribution is -0.127. The van der Waals surface area contributed by atoms with Gasteiger partial charge in [0.15, 0.2) is 0 Å². The second-order valence-electron chi connectivity index (χ2n) is 6.13. The van der Waals surface area contributed by atoms with Crippen LogP contribution in [-0.4, -0.2) is 18.4 Å². The minimum absolute atomic E-state index is 0.0837. The van der Waals surface area contributed by atoms with Crippen LogP contribution in [0.3, 0.4) is 0 Å². The van der Waals surface area contributed by atoms with Crippen molar-refractivity contribution in [3.8, 4) is 5.75 Å². The van der Waals surface area contributed by atoms with E-state index in [1.807, 2.05) is 48.5 Å². The average molecular weight is 322 g/mol. The molecule has 2 heterocycles. The Bertz CT molecular complexity index is 803. The van der Waals surface area contributed by atoms with Crippen molar-refractivity contribution in [1.82, 2.24) is 5.32 Å². The van der Waals surface area contributed by atoms with Crippen molar-refractivity contribution < 1.29 is 14.3 Å². The molecule has 122 valence electrons. The largest absolute Gasteiger partial charge is 0.493 e. The number of ether oxygens (including phenoxy) is 1. The standard InChI is InChI=1S/C19H18N2O3/c22-18-11-14(12-5-1-3-7-15(12)20-18)19(23)21-16-9-10-24-17-8-4-2-6-13(16)17/h1-8,14,16H,9-11H2,(H,20,22)(H,21,23)/t14-,16-/m1/s1. The second-order valence-corrected chi connectivity index (χ2v) is 6.13. The number of benzene rings is 2. The summed E-state index contributed by atoms with van der Waals surface area (Å²) in [6.45, 7) is 0.573. The van der Waals surface area contributed by atoms with Crippen molar-refractivity contribution in [3.05, 3.63) is 59.7 Å². The van der Waals surface area contributed by atoms with Crippen molar-refractivity contribution >= 4 is 17.5 Å². The zero-order chi connectivity index (χ0) is 16.5. The van der Waals surface area contributed by atoms with Crippen LogP contribution in [0.25, 0.3) is 0 Å². The molecule has 2 aromatic carbocycles. The lowest BCUT2D eigenvalue weighted by Crippen LogP contribution is -2.38. The van der Waals surface area contributed by atoms with E-state index in [-0.39, 0.29) is 24.3 Å². The molecule has 0 aromatic heterocycles. The molecule has 0 radical (unpaired) electrons. The summed E-state index contributed by atoms with van der Waals surface area (Å²) in [6.07, 6.45) is 0.900. The van der Waals surface area contributed by atoms with E-state index in [2.05, 4.69) is 10.6 Å². The third-order valence-corrected chi connectivity index (χ3v) is 4.59. The van der Waals surface area contributed by atoms with Gasteiger partial charge in [0.25, 0.3) is 0 Å². The number of carbonyl (C=O) groups is 2. The highest BCUT2D eigenvalue weighted by molar-refractivity contribution is 6.01. The molecule has 0 fully saturated rings. The SMILES string of the molecule is O=C1C[C@@H](C(=O)N[C@@H]2CCOc3ccccc32)c2ccccc2N1. The monoisotopic (exact) mass is 322 g/mol. The van der Waals surface area contributed by atoms with Crippen LogP contribution in [-0.2, 0) is 9.59 Å².